The summed E-state index contributed by atoms with van der Waals surface area (Å²) in [6, 6.07) is 0.304. The molecule has 0 fully saturated rings. The molecular weight excluding hydrogens is 222 g/mol. The molecule has 5 heteroatoms. The van der Waals surface area contributed by atoms with Gasteiger partial charge in [-0.3, -0.25) is 0 Å². The highest BCUT2D eigenvalue weighted by atomic mass is 32.1. The summed E-state index contributed by atoms with van der Waals surface area (Å²) in [5.41, 5.74) is 6.76. The normalized spacial score (nSPS) is 13.1. The van der Waals surface area contributed by atoms with Gasteiger partial charge in [0.05, 0.1) is 12.6 Å². The molecule has 1 rings (SSSR count). The van der Waals surface area contributed by atoms with Gasteiger partial charge in [-0.2, -0.15) is 4.37 Å². The Morgan fingerprint density at radius 2 is 2.19 bits per heavy atom. The molecule has 0 bridgehead atoms. The zero-order chi connectivity index (χ0) is 12.1. The van der Waals surface area contributed by atoms with Crippen LogP contribution in [-0.2, 0) is 4.74 Å². The van der Waals surface area contributed by atoms with Crippen LogP contribution in [0.4, 0.5) is 10.8 Å². The minimum atomic E-state index is 0.304. The third kappa shape index (κ3) is 3.35. The van der Waals surface area contributed by atoms with Crippen molar-refractivity contribution in [2.75, 3.05) is 24.3 Å². The third-order valence-corrected chi connectivity index (χ3v) is 3.48. The van der Waals surface area contributed by atoms with Crippen molar-refractivity contribution in [3.05, 3.63) is 5.56 Å². The second kappa shape index (κ2) is 6.06. The summed E-state index contributed by atoms with van der Waals surface area (Å²) in [5.74, 6) is 1.13. The van der Waals surface area contributed by atoms with Gasteiger partial charge in [-0.05, 0) is 31.3 Å². The number of nitrogens with zero attached hydrogens (tertiary/aromatic N) is 1. The number of anilines is 2. The van der Waals surface area contributed by atoms with E-state index in [1.807, 2.05) is 13.8 Å². The molecule has 1 unspecified atom stereocenters. The van der Waals surface area contributed by atoms with Gasteiger partial charge in [0.25, 0.3) is 0 Å². The summed E-state index contributed by atoms with van der Waals surface area (Å²) < 4.78 is 9.59. The summed E-state index contributed by atoms with van der Waals surface area (Å²) >= 11 is 1.41. The first-order chi connectivity index (χ1) is 7.56. The topological polar surface area (TPSA) is 60.2 Å². The van der Waals surface area contributed by atoms with Crippen molar-refractivity contribution in [3.8, 4) is 0 Å². The summed E-state index contributed by atoms with van der Waals surface area (Å²) in [4.78, 5) is 0. The third-order valence-electron chi connectivity index (χ3n) is 2.58. The number of hydrogen-bond acceptors (Lipinski definition) is 5. The lowest BCUT2D eigenvalue weighted by Crippen LogP contribution is -2.30. The van der Waals surface area contributed by atoms with Crippen LogP contribution in [0.5, 0.6) is 0 Å². The fourth-order valence-corrected chi connectivity index (χ4v) is 2.07. The molecule has 0 radical (unpaired) electrons. The van der Waals surface area contributed by atoms with E-state index in [1.54, 1.807) is 0 Å². The van der Waals surface area contributed by atoms with Gasteiger partial charge < -0.3 is 15.8 Å². The Kier molecular flexibility index (Phi) is 5.02. The average molecular weight is 243 g/mol. The number of hydrogen-bond donors (Lipinski definition) is 2. The summed E-state index contributed by atoms with van der Waals surface area (Å²) in [5, 5.41) is 4.51. The Morgan fingerprint density at radius 1 is 1.50 bits per heavy atom. The molecule has 0 saturated carbocycles. The lowest BCUT2D eigenvalue weighted by Gasteiger charge is -2.22. The van der Waals surface area contributed by atoms with Gasteiger partial charge in [0.2, 0.25) is 0 Å². The largest absolute Gasteiger partial charge is 0.383 e. The van der Waals surface area contributed by atoms with Crippen LogP contribution >= 0.6 is 11.5 Å². The Balaban J connectivity index is 2.64. The van der Waals surface area contributed by atoms with Gasteiger partial charge >= 0.3 is 0 Å². The maximum atomic E-state index is 5.72. The molecule has 92 valence electrons. The van der Waals surface area contributed by atoms with E-state index in [1.165, 1.54) is 11.5 Å². The fourth-order valence-electron chi connectivity index (χ4n) is 1.30. The zero-order valence-corrected chi connectivity index (χ0v) is 11.2. The van der Waals surface area contributed by atoms with Crippen LogP contribution in [0, 0.1) is 12.8 Å². The van der Waals surface area contributed by atoms with Gasteiger partial charge in [0, 0.05) is 12.2 Å². The molecule has 0 spiro atoms. The average Bonchev–Trinajstić information content (AvgIpc) is 2.55. The van der Waals surface area contributed by atoms with Gasteiger partial charge in [0.15, 0.2) is 0 Å². The highest BCUT2D eigenvalue weighted by Gasteiger charge is 2.16. The first-order valence-corrected chi connectivity index (χ1v) is 6.39. The Hall–Kier alpha value is -0.810. The maximum absolute atomic E-state index is 5.72. The molecule has 1 atom stereocenters. The van der Waals surface area contributed by atoms with Crippen LogP contribution in [0.2, 0.25) is 0 Å². The summed E-state index contributed by atoms with van der Waals surface area (Å²) in [6.45, 7) is 9.81. The summed E-state index contributed by atoms with van der Waals surface area (Å²) in [7, 11) is 0. The Labute approximate surface area is 101 Å². The number of aromatic nitrogens is 1. The van der Waals surface area contributed by atoms with Crippen molar-refractivity contribution in [1.29, 1.82) is 0 Å². The van der Waals surface area contributed by atoms with Crippen molar-refractivity contribution in [2.45, 2.75) is 33.7 Å². The quantitative estimate of drug-likeness (QED) is 0.806. The molecule has 4 nitrogen and oxygen atoms in total. The molecule has 3 N–H and O–H groups in total. The second-order valence-electron chi connectivity index (χ2n) is 4.18. The van der Waals surface area contributed by atoms with Crippen LogP contribution < -0.4 is 11.1 Å². The second-order valence-corrected chi connectivity index (χ2v) is 4.95. The first kappa shape index (κ1) is 13.3. The number of ether oxygens (including phenoxy) is 1. The number of nitrogens with two attached hydrogens (primary N) is 1. The molecule has 0 aromatic carbocycles. The molecule has 1 aromatic rings. The minimum absolute atomic E-state index is 0.304. The SMILES string of the molecule is CCOCC(Nc1snc(N)c1C)C(C)C. The van der Waals surface area contributed by atoms with Gasteiger partial charge in [0.1, 0.15) is 10.8 Å². The highest BCUT2D eigenvalue weighted by Crippen LogP contribution is 2.27. The van der Waals surface area contributed by atoms with E-state index in [2.05, 4.69) is 23.5 Å². The smallest absolute Gasteiger partial charge is 0.142 e. The van der Waals surface area contributed by atoms with Crippen molar-refractivity contribution in [1.82, 2.24) is 4.37 Å². The lowest BCUT2D eigenvalue weighted by molar-refractivity contribution is 0.127. The maximum Gasteiger partial charge on any atom is 0.142 e. The molecule has 1 heterocycles. The van der Waals surface area contributed by atoms with E-state index in [9.17, 15) is 0 Å². The van der Waals surface area contributed by atoms with Crippen LogP contribution in [0.15, 0.2) is 0 Å². The minimum Gasteiger partial charge on any atom is -0.383 e. The Bertz CT molecular complexity index is 325. The van der Waals surface area contributed by atoms with Gasteiger partial charge in [-0.15, -0.1) is 0 Å². The van der Waals surface area contributed by atoms with Crippen LogP contribution in [0.25, 0.3) is 0 Å². The first-order valence-electron chi connectivity index (χ1n) is 5.62. The predicted octanol–water partition coefficient (Wildman–Crippen LogP) is 2.51. The van der Waals surface area contributed by atoms with Crippen LogP contribution in [0.3, 0.4) is 0 Å². The van der Waals surface area contributed by atoms with Crippen LogP contribution in [-0.4, -0.2) is 23.6 Å². The molecular formula is C11H21N3OS. The molecule has 0 saturated heterocycles. The van der Waals surface area contributed by atoms with Gasteiger partial charge in [-0.1, -0.05) is 13.8 Å². The van der Waals surface area contributed by atoms with E-state index in [-0.39, 0.29) is 0 Å². The highest BCUT2D eigenvalue weighted by molar-refractivity contribution is 7.10. The number of rotatable bonds is 6. The molecule has 0 aliphatic heterocycles. The molecule has 1 aromatic heterocycles. The zero-order valence-electron chi connectivity index (χ0n) is 10.4. The van der Waals surface area contributed by atoms with Crippen LogP contribution in [0.1, 0.15) is 26.3 Å². The predicted molar refractivity (Wildman–Crippen MR) is 70.0 cm³/mol. The summed E-state index contributed by atoms with van der Waals surface area (Å²) in [6.07, 6.45) is 0. The van der Waals surface area contributed by atoms with E-state index < -0.39 is 0 Å². The van der Waals surface area contributed by atoms with Crippen molar-refractivity contribution in [2.24, 2.45) is 5.92 Å². The van der Waals surface area contributed by atoms with Gasteiger partial charge in [-0.25, -0.2) is 0 Å². The number of nitrogens with one attached hydrogen (secondary N) is 1. The van der Waals surface area contributed by atoms with E-state index in [0.717, 1.165) is 17.2 Å². The molecule has 0 amide bonds. The number of nitrogen functional groups attached to an aromatic ring is 1. The van der Waals surface area contributed by atoms with Crippen molar-refractivity contribution in [3.63, 3.8) is 0 Å². The van der Waals surface area contributed by atoms with E-state index in [0.29, 0.717) is 24.4 Å². The van der Waals surface area contributed by atoms with E-state index in [4.69, 9.17) is 10.5 Å². The van der Waals surface area contributed by atoms with Crippen molar-refractivity contribution < 1.29 is 4.74 Å². The molecule has 0 aliphatic carbocycles. The lowest BCUT2D eigenvalue weighted by atomic mass is 10.1. The fraction of sp³-hybridized carbons (Fsp3) is 0.727. The standard InChI is InChI=1S/C11H21N3OS/c1-5-15-6-9(7(2)3)13-11-8(4)10(12)14-16-11/h7,9,13H,5-6H2,1-4H3,(H2,12,14). The van der Waals surface area contributed by atoms with E-state index >= 15 is 0 Å². The molecule has 16 heavy (non-hydrogen) atoms. The Morgan fingerprint density at radius 3 is 2.62 bits per heavy atom. The molecule has 0 aliphatic rings. The van der Waals surface area contributed by atoms with Crippen molar-refractivity contribution >= 4 is 22.4 Å². The monoisotopic (exact) mass is 243 g/mol.